The number of carbonyl (C=O) groups excluding carboxylic acids is 1. The van der Waals surface area contributed by atoms with Gasteiger partial charge >= 0.3 is 0 Å². The highest BCUT2D eigenvalue weighted by Crippen LogP contribution is 2.44. The quantitative estimate of drug-likeness (QED) is 0.766. The molecule has 1 aliphatic rings. The van der Waals surface area contributed by atoms with Gasteiger partial charge in [0.2, 0.25) is 5.91 Å². The van der Waals surface area contributed by atoms with Crippen LogP contribution in [-0.2, 0) is 4.79 Å². The van der Waals surface area contributed by atoms with Crippen molar-refractivity contribution < 1.29 is 14.6 Å². The predicted octanol–water partition coefficient (Wildman–Crippen LogP) is 1.34. The Morgan fingerprint density at radius 1 is 1.33 bits per heavy atom. The maximum absolute atomic E-state index is 11.6. The van der Waals surface area contributed by atoms with E-state index < -0.39 is 0 Å². The van der Waals surface area contributed by atoms with Gasteiger partial charge in [-0.1, -0.05) is 18.2 Å². The second kappa shape index (κ2) is 5.87. The summed E-state index contributed by atoms with van der Waals surface area (Å²) in [4.78, 5) is 11.6. The molecule has 0 spiro atoms. The van der Waals surface area contributed by atoms with Crippen molar-refractivity contribution in [3.05, 3.63) is 30.3 Å². The fraction of sp³-hybridized carbons (Fsp3) is 0.500. The van der Waals surface area contributed by atoms with E-state index in [9.17, 15) is 4.79 Å². The molecule has 98 valence electrons. The molecule has 0 bridgehead atoms. The summed E-state index contributed by atoms with van der Waals surface area (Å²) in [6, 6.07) is 9.44. The summed E-state index contributed by atoms with van der Waals surface area (Å²) < 4.78 is 5.44. The Kier molecular flexibility index (Phi) is 4.20. The molecule has 0 aromatic heterocycles. The third kappa shape index (κ3) is 3.74. The third-order valence-electron chi connectivity index (χ3n) is 3.29. The molecule has 1 saturated carbocycles. The fourth-order valence-corrected chi connectivity index (χ4v) is 1.72. The number of aliphatic hydroxyl groups is 1. The first-order valence-electron chi connectivity index (χ1n) is 6.30. The molecule has 1 fully saturated rings. The minimum atomic E-state index is -0.0318. The van der Waals surface area contributed by atoms with Crippen LogP contribution >= 0.6 is 0 Å². The van der Waals surface area contributed by atoms with Gasteiger partial charge in [0.1, 0.15) is 5.75 Å². The molecule has 0 radical (unpaired) electrons. The predicted molar refractivity (Wildman–Crippen MR) is 68.3 cm³/mol. The number of para-hydroxylation sites is 1. The van der Waals surface area contributed by atoms with Crippen LogP contribution in [0.15, 0.2) is 30.3 Å². The molecule has 1 aliphatic carbocycles. The highest BCUT2D eigenvalue weighted by molar-refractivity contribution is 5.76. The summed E-state index contributed by atoms with van der Waals surface area (Å²) >= 11 is 0. The van der Waals surface area contributed by atoms with Crippen LogP contribution in [-0.4, -0.2) is 30.8 Å². The number of rotatable bonds is 7. The summed E-state index contributed by atoms with van der Waals surface area (Å²) in [6.07, 6.45) is 2.35. The number of carbonyl (C=O) groups is 1. The Morgan fingerprint density at radius 3 is 2.67 bits per heavy atom. The number of hydrogen-bond donors (Lipinski definition) is 2. The molecule has 1 aromatic carbocycles. The van der Waals surface area contributed by atoms with Gasteiger partial charge in [0.25, 0.3) is 0 Å². The first-order chi connectivity index (χ1) is 8.74. The Labute approximate surface area is 107 Å². The molecule has 0 atom stereocenters. The van der Waals surface area contributed by atoms with E-state index in [1.807, 2.05) is 30.3 Å². The van der Waals surface area contributed by atoms with Crippen LogP contribution in [0.5, 0.6) is 5.75 Å². The van der Waals surface area contributed by atoms with Crippen molar-refractivity contribution in [2.75, 3.05) is 19.8 Å². The molecule has 18 heavy (non-hydrogen) atoms. The maximum atomic E-state index is 11.6. The van der Waals surface area contributed by atoms with E-state index in [0.29, 0.717) is 19.6 Å². The van der Waals surface area contributed by atoms with E-state index in [-0.39, 0.29) is 17.9 Å². The second-order valence-electron chi connectivity index (χ2n) is 4.85. The average Bonchev–Trinajstić information content (AvgIpc) is 3.18. The van der Waals surface area contributed by atoms with Crippen LogP contribution in [0.2, 0.25) is 0 Å². The first-order valence-corrected chi connectivity index (χ1v) is 6.30. The smallest absolute Gasteiger partial charge is 0.223 e. The Morgan fingerprint density at radius 2 is 2.06 bits per heavy atom. The number of ether oxygens (including phenoxy) is 1. The lowest BCUT2D eigenvalue weighted by Crippen LogP contribution is -2.32. The molecule has 0 saturated heterocycles. The highest BCUT2D eigenvalue weighted by atomic mass is 16.5. The van der Waals surface area contributed by atoms with Crippen LogP contribution in [0.3, 0.4) is 0 Å². The molecule has 0 aliphatic heterocycles. The average molecular weight is 249 g/mol. The van der Waals surface area contributed by atoms with E-state index >= 15 is 0 Å². The van der Waals surface area contributed by atoms with Gasteiger partial charge in [-0.3, -0.25) is 4.79 Å². The Hall–Kier alpha value is -1.55. The van der Waals surface area contributed by atoms with E-state index in [0.717, 1.165) is 18.6 Å². The lowest BCUT2D eigenvalue weighted by molar-refractivity contribution is -0.121. The van der Waals surface area contributed by atoms with E-state index in [4.69, 9.17) is 9.84 Å². The van der Waals surface area contributed by atoms with Gasteiger partial charge < -0.3 is 15.2 Å². The normalized spacial score (nSPS) is 16.1. The SMILES string of the molecule is O=C(CCOc1ccccc1)NCC1(CO)CC1. The fourth-order valence-electron chi connectivity index (χ4n) is 1.72. The van der Waals surface area contributed by atoms with Crippen molar-refractivity contribution in [3.63, 3.8) is 0 Å². The zero-order valence-electron chi connectivity index (χ0n) is 10.4. The largest absolute Gasteiger partial charge is 0.493 e. The van der Waals surface area contributed by atoms with Crippen LogP contribution in [0.1, 0.15) is 19.3 Å². The molecule has 4 heteroatoms. The Bertz CT molecular complexity index is 387. The lowest BCUT2D eigenvalue weighted by atomic mass is 10.1. The second-order valence-corrected chi connectivity index (χ2v) is 4.85. The molecule has 4 nitrogen and oxygen atoms in total. The Balaban J connectivity index is 1.60. The maximum Gasteiger partial charge on any atom is 0.223 e. The highest BCUT2D eigenvalue weighted by Gasteiger charge is 2.41. The standard InChI is InChI=1S/C14H19NO3/c16-11-14(7-8-14)10-15-13(17)6-9-18-12-4-2-1-3-5-12/h1-5,16H,6-11H2,(H,15,17). The summed E-state index contributed by atoms with van der Waals surface area (Å²) in [5.41, 5.74) is -0.0318. The van der Waals surface area contributed by atoms with Crippen molar-refractivity contribution in [2.24, 2.45) is 5.41 Å². The number of benzene rings is 1. The minimum Gasteiger partial charge on any atom is -0.493 e. The number of aliphatic hydroxyl groups excluding tert-OH is 1. The van der Waals surface area contributed by atoms with Crippen LogP contribution in [0.25, 0.3) is 0 Å². The summed E-state index contributed by atoms with van der Waals surface area (Å²) in [5.74, 6) is 0.755. The van der Waals surface area contributed by atoms with Crippen LogP contribution < -0.4 is 10.1 Å². The van der Waals surface area contributed by atoms with Crippen LogP contribution in [0.4, 0.5) is 0 Å². The molecule has 0 heterocycles. The lowest BCUT2D eigenvalue weighted by Gasteiger charge is -2.12. The van der Waals surface area contributed by atoms with Crippen LogP contribution in [0, 0.1) is 5.41 Å². The summed E-state index contributed by atoms with van der Waals surface area (Å²) in [5, 5.41) is 12.0. The van der Waals surface area contributed by atoms with Crippen molar-refractivity contribution in [2.45, 2.75) is 19.3 Å². The molecule has 2 rings (SSSR count). The zero-order chi connectivity index (χ0) is 12.8. The van der Waals surface area contributed by atoms with Gasteiger partial charge in [0.05, 0.1) is 19.6 Å². The van der Waals surface area contributed by atoms with Gasteiger partial charge in [-0.15, -0.1) is 0 Å². The number of nitrogens with one attached hydrogen (secondary N) is 1. The van der Waals surface area contributed by atoms with Crippen molar-refractivity contribution in [1.29, 1.82) is 0 Å². The summed E-state index contributed by atoms with van der Waals surface area (Å²) in [6.45, 7) is 1.11. The molecule has 1 amide bonds. The number of amides is 1. The monoisotopic (exact) mass is 249 g/mol. The van der Waals surface area contributed by atoms with E-state index in [1.165, 1.54) is 0 Å². The van der Waals surface area contributed by atoms with Gasteiger partial charge in [0, 0.05) is 12.0 Å². The van der Waals surface area contributed by atoms with Gasteiger partial charge in [-0.05, 0) is 25.0 Å². The van der Waals surface area contributed by atoms with Gasteiger partial charge in [-0.2, -0.15) is 0 Å². The minimum absolute atomic E-state index is 0.0225. The third-order valence-corrected chi connectivity index (χ3v) is 3.29. The van der Waals surface area contributed by atoms with Gasteiger partial charge in [-0.25, -0.2) is 0 Å². The van der Waals surface area contributed by atoms with E-state index in [1.54, 1.807) is 0 Å². The first kappa shape index (κ1) is 12.9. The molecule has 0 unspecified atom stereocenters. The number of hydrogen-bond acceptors (Lipinski definition) is 3. The molecular formula is C14H19NO3. The summed E-state index contributed by atoms with van der Waals surface area (Å²) in [7, 11) is 0. The zero-order valence-corrected chi connectivity index (χ0v) is 10.4. The molecular weight excluding hydrogens is 230 g/mol. The topological polar surface area (TPSA) is 58.6 Å². The van der Waals surface area contributed by atoms with Crippen molar-refractivity contribution in [3.8, 4) is 5.75 Å². The van der Waals surface area contributed by atoms with Gasteiger partial charge in [0.15, 0.2) is 0 Å². The molecule has 1 aromatic rings. The van der Waals surface area contributed by atoms with Crippen molar-refractivity contribution in [1.82, 2.24) is 5.32 Å². The van der Waals surface area contributed by atoms with E-state index in [2.05, 4.69) is 5.32 Å². The molecule has 2 N–H and O–H groups in total. The van der Waals surface area contributed by atoms with Crippen molar-refractivity contribution >= 4 is 5.91 Å².